The molecule has 0 bridgehead atoms. The highest BCUT2D eigenvalue weighted by atomic mass is 79.9. The predicted molar refractivity (Wildman–Crippen MR) is 87.9 cm³/mol. The second-order valence-corrected chi connectivity index (χ2v) is 5.56. The summed E-state index contributed by atoms with van der Waals surface area (Å²) in [7, 11) is 0. The number of hydrogen-bond donors (Lipinski definition) is 0. The number of nitrogens with zero attached hydrogens (tertiary/aromatic N) is 4. The quantitative estimate of drug-likeness (QED) is 0.640. The summed E-state index contributed by atoms with van der Waals surface area (Å²) in [6.07, 6.45) is 4.59. The first-order valence-electron chi connectivity index (χ1n) is 6.77. The van der Waals surface area contributed by atoms with Crippen LogP contribution in [-0.2, 0) is 6.61 Å². The first-order valence-corrected chi connectivity index (χ1v) is 7.56. The van der Waals surface area contributed by atoms with Gasteiger partial charge in [0.15, 0.2) is 0 Å². The largest absolute Gasteiger partial charge is 0.488 e. The predicted octanol–water partition coefficient (Wildman–Crippen LogP) is 3.64. The summed E-state index contributed by atoms with van der Waals surface area (Å²) in [6, 6.07) is 12.1. The zero-order valence-electron chi connectivity index (χ0n) is 11.9. The van der Waals surface area contributed by atoms with Gasteiger partial charge in [-0.3, -0.25) is 0 Å². The van der Waals surface area contributed by atoms with Crippen LogP contribution < -0.4 is 4.74 Å². The molecule has 116 valence electrons. The smallest absolute Gasteiger partial charge is 0.141 e. The molecule has 0 aliphatic rings. The van der Waals surface area contributed by atoms with Crippen LogP contribution in [0.2, 0.25) is 0 Å². The summed E-state index contributed by atoms with van der Waals surface area (Å²) >= 11 is 3.41. The molecule has 0 saturated carbocycles. The van der Waals surface area contributed by atoms with Crippen molar-refractivity contribution in [1.82, 2.24) is 14.9 Å². The van der Waals surface area contributed by atoms with Gasteiger partial charge in [-0.25, -0.2) is 9.07 Å². The lowest BCUT2D eigenvalue weighted by molar-refractivity contribution is 0.299. The van der Waals surface area contributed by atoms with Crippen LogP contribution in [-0.4, -0.2) is 21.1 Å². The first-order chi connectivity index (χ1) is 11.2. The van der Waals surface area contributed by atoms with Crippen molar-refractivity contribution in [2.24, 2.45) is 5.10 Å². The molecule has 1 heterocycles. The Morgan fingerprint density at radius 2 is 1.96 bits per heavy atom. The fourth-order valence-electron chi connectivity index (χ4n) is 1.91. The van der Waals surface area contributed by atoms with Gasteiger partial charge >= 0.3 is 0 Å². The molecule has 0 saturated heterocycles. The maximum absolute atomic E-state index is 13.7. The minimum atomic E-state index is -0.288. The van der Waals surface area contributed by atoms with Gasteiger partial charge in [0.2, 0.25) is 0 Å². The van der Waals surface area contributed by atoms with Crippen molar-refractivity contribution in [2.75, 3.05) is 0 Å². The van der Waals surface area contributed by atoms with Gasteiger partial charge < -0.3 is 4.74 Å². The summed E-state index contributed by atoms with van der Waals surface area (Å²) in [5, 5.41) is 11.6. The fraction of sp³-hybridized carbons (Fsp3) is 0.0625. The van der Waals surface area contributed by atoms with E-state index in [1.807, 2.05) is 12.1 Å². The number of halogens is 2. The molecule has 0 spiro atoms. The Labute approximate surface area is 140 Å². The number of hydrogen-bond acceptors (Lipinski definition) is 4. The van der Waals surface area contributed by atoms with E-state index in [4.69, 9.17) is 4.74 Å². The van der Waals surface area contributed by atoms with Gasteiger partial charge in [-0.2, -0.15) is 5.10 Å². The minimum absolute atomic E-state index is 0.141. The Hall–Kier alpha value is -2.54. The Morgan fingerprint density at radius 3 is 2.74 bits per heavy atom. The van der Waals surface area contributed by atoms with E-state index in [9.17, 15) is 4.39 Å². The van der Waals surface area contributed by atoms with Gasteiger partial charge in [0.1, 0.15) is 30.8 Å². The van der Waals surface area contributed by atoms with Gasteiger partial charge in [0, 0.05) is 15.6 Å². The monoisotopic (exact) mass is 374 g/mol. The lowest BCUT2D eigenvalue weighted by Crippen LogP contribution is -2.01. The lowest BCUT2D eigenvalue weighted by Gasteiger charge is -2.10. The van der Waals surface area contributed by atoms with Gasteiger partial charge in [-0.15, -0.1) is 10.2 Å². The van der Waals surface area contributed by atoms with Crippen LogP contribution >= 0.6 is 15.9 Å². The molecule has 0 atom stereocenters. The summed E-state index contributed by atoms with van der Waals surface area (Å²) in [5.41, 5.74) is 1.25. The Bertz CT molecular complexity index is 821. The highest BCUT2D eigenvalue weighted by Crippen LogP contribution is 2.23. The van der Waals surface area contributed by atoms with E-state index >= 15 is 0 Å². The van der Waals surface area contributed by atoms with Crippen molar-refractivity contribution in [1.29, 1.82) is 0 Å². The lowest BCUT2D eigenvalue weighted by atomic mass is 10.2. The molecule has 1 aromatic heterocycles. The highest BCUT2D eigenvalue weighted by Gasteiger charge is 2.06. The topological polar surface area (TPSA) is 52.3 Å². The van der Waals surface area contributed by atoms with Gasteiger partial charge in [-0.1, -0.05) is 34.1 Å². The molecule has 0 unspecified atom stereocenters. The summed E-state index contributed by atoms with van der Waals surface area (Å²) in [6.45, 7) is 0.141. The van der Waals surface area contributed by atoms with Crippen LogP contribution in [0, 0.1) is 5.82 Å². The third-order valence-electron chi connectivity index (χ3n) is 3.05. The average molecular weight is 375 g/mol. The van der Waals surface area contributed by atoms with Gasteiger partial charge in [0.25, 0.3) is 0 Å². The molecule has 3 rings (SSSR count). The molecule has 0 aliphatic heterocycles. The summed E-state index contributed by atoms with van der Waals surface area (Å²) in [4.78, 5) is 0. The average Bonchev–Trinajstić information content (AvgIpc) is 3.07. The Balaban J connectivity index is 1.80. The third kappa shape index (κ3) is 4.01. The van der Waals surface area contributed by atoms with E-state index in [1.165, 1.54) is 23.4 Å². The molecule has 0 aliphatic carbocycles. The van der Waals surface area contributed by atoms with Crippen molar-refractivity contribution in [3.8, 4) is 5.75 Å². The molecule has 7 heteroatoms. The van der Waals surface area contributed by atoms with E-state index in [-0.39, 0.29) is 12.4 Å². The maximum atomic E-state index is 13.7. The van der Waals surface area contributed by atoms with Gasteiger partial charge in [0.05, 0.1) is 6.21 Å². The minimum Gasteiger partial charge on any atom is -0.488 e. The zero-order valence-corrected chi connectivity index (χ0v) is 13.5. The van der Waals surface area contributed by atoms with E-state index < -0.39 is 0 Å². The molecule has 0 N–H and O–H groups in total. The van der Waals surface area contributed by atoms with Crippen LogP contribution in [0.25, 0.3) is 0 Å². The van der Waals surface area contributed by atoms with Crippen molar-refractivity contribution in [3.05, 3.63) is 76.5 Å². The van der Waals surface area contributed by atoms with E-state index in [0.29, 0.717) is 11.3 Å². The Morgan fingerprint density at radius 1 is 1.17 bits per heavy atom. The molecular weight excluding hydrogens is 363 g/mol. The van der Waals surface area contributed by atoms with E-state index in [0.717, 1.165) is 10.0 Å². The molecule has 0 fully saturated rings. The van der Waals surface area contributed by atoms with Crippen LogP contribution in [0.4, 0.5) is 4.39 Å². The molecule has 0 amide bonds. The van der Waals surface area contributed by atoms with Crippen LogP contribution in [0.1, 0.15) is 11.1 Å². The van der Waals surface area contributed by atoms with E-state index in [2.05, 4.69) is 31.2 Å². The van der Waals surface area contributed by atoms with Crippen LogP contribution in [0.3, 0.4) is 0 Å². The molecule has 23 heavy (non-hydrogen) atoms. The molecule has 5 nitrogen and oxygen atoms in total. The molecule has 2 aromatic carbocycles. The van der Waals surface area contributed by atoms with Crippen molar-refractivity contribution in [3.63, 3.8) is 0 Å². The SMILES string of the molecule is Fc1ccccc1COc1ccc(Br)cc1C=Nn1cnnc1. The van der Waals surface area contributed by atoms with Crippen molar-refractivity contribution < 1.29 is 9.13 Å². The van der Waals surface area contributed by atoms with Gasteiger partial charge in [-0.05, 0) is 24.3 Å². The molecule has 0 radical (unpaired) electrons. The second-order valence-electron chi connectivity index (χ2n) is 4.65. The fourth-order valence-corrected chi connectivity index (χ4v) is 2.29. The molecule has 3 aromatic rings. The normalized spacial score (nSPS) is 11.0. The number of aromatic nitrogens is 3. The standard InChI is InChI=1S/C16H12BrFN4O/c17-14-5-6-16(23-9-12-3-1-2-4-15(12)18)13(7-14)8-21-22-10-19-20-11-22/h1-8,10-11H,9H2. The molecular formula is C16H12BrFN4O. The summed E-state index contributed by atoms with van der Waals surface area (Å²) < 4.78 is 21.8. The van der Waals surface area contributed by atoms with Crippen molar-refractivity contribution >= 4 is 22.1 Å². The van der Waals surface area contributed by atoms with E-state index in [1.54, 1.807) is 30.5 Å². The van der Waals surface area contributed by atoms with Crippen LogP contribution in [0.15, 0.2) is 64.7 Å². The number of ether oxygens (including phenoxy) is 1. The maximum Gasteiger partial charge on any atom is 0.141 e. The summed E-state index contributed by atoms with van der Waals surface area (Å²) in [5.74, 6) is 0.317. The Kier molecular flexibility index (Phi) is 4.77. The number of benzene rings is 2. The number of rotatable bonds is 5. The first kappa shape index (κ1) is 15.4. The zero-order chi connectivity index (χ0) is 16.1. The third-order valence-corrected chi connectivity index (χ3v) is 3.54. The second kappa shape index (κ2) is 7.15. The van der Waals surface area contributed by atoms with Crippen molar-refractivity contribution in [2.45, 2.75) is 6.61 Å². The van der Waals surface area contributed by atoms with Crippen LogP contribution in [0.5, 0.6) is 5.75 Å². The highest BCUT2D eigenvalue weighted by molar-refractivity contribution is 9.10.